The fourth-order valence-corrected chi connectivity index (χ4v) is 3.89. The number of carbonyl (C=O) groups excluding carboxylic acids is 1. The minimum Gasteiger partial charge on any atom is -0.489 e. The van der Waals surface area contributed by atoms with Crippen LogP contribution < -0.4 is 15.0 Å². The van der Waals surface area contributed by atoms with Gasteiger partial charge in [0.25, 0.3) is 0 Å². The summed E-state index contributed by atoms with van der Waals surface area (Å²) in [6.45, 7) is 2.46. The van der Waals surface area contributed by atoms with Crippen molar-refractivity contribution in [2.24, 2.45) is 0 Å². The second kappa shape index (κ2) is 10.8. The molecular formula is C27H30N2O3. The summed E-state index contributed by atoms with van der Waals surface area (Å²) in [5, 5.41) is 2.99. The van der Waals surface area contributed by atoms with Crippen LogP contribution >= 0.6 is 0 Å². The monoisotopic (exact) mass is 430 g/mol. The second-order valence-corrected chi connectivity index (χ2v) is 8.11. The van der Waals surface area contributed by atoms with Crippen molar-refractivity contribution in [2.75, 3.05) is 30.4 Å². The number of amides is 1. The van der Waals surface area contributed by atoms with Crippen molar-refractivity contribution in [1.29, 1.82) is 0 Å². The minimum atomic E-state index is 0.0165. The van der Waals surface area contributed by atoms with Gasteiger partial charge in [-0.05, 0) is 60.4 Å². The average Bonchev–Trinajstić information content (AvgIpc) is 3.33. The van der Waals surface area contributed by atoms with Gasteiger partial charge in [-0.15, -0.1) is 0 Å². The Morgan fingerprint density at radius 3 is 2.41 bits per heavy atom. The highest BCUT2D eigenvalue weighted by molar-refractivity contribution is 5.91. The van der Waals surface area contributed by atoms with E-state index in [9.17, 15) is 4.79 Å². The number of hydrogen-bond acceptors (Lipinski definition) is 4. The molecule has 0 unspecified atom stereocenters. The van der Waals surface area contributed by atoms with Gasteiger partial charge in [0, 0.05) is 38.0 Å². The van der Waals surface area contributed by atoms with E-state index in [-0.39, 0.29) is 5.91 Å². The van der Waals surface area contributed by atoms with Gasteiger partial charge in [-0.3, -0.25) is 4.79 Å². The molecule has 1 heterocycles. The van der Waals surface area contributed by atoms with Gasteiger partial charge in [0.1, 0.15) is 12.4 Å². The van der Waals surface area contributed by atoms with Crippen molar-refractivity contribution >= 4 is 17.3 Å². The number of aryl methyl sites for hydroxylation is 1. The number of methoxy groups -OCH3 is 1. The van der Waals surface area contributed by atoms with Crippen molar-refractivity contribution in [2.45, 2.75) is 32.0 Å². The number of ether oxygens (including phenoxy) is 2. The molecule has 1 saturated heterocycles. The quantitative estimate of drug-likeness (QED) is 0.515. The summed E-state index contributed by atoms with van der Waals surface area (Å²) in [4.78, 5) is 14.7. The van der Waals surface area contributed by atoms with Crippen LogP contribution in [0.2, 0.25) is 0 Å². The molecule has 1 aliphatic rings. The molecule has 1 atom stereocenters. The second-order valence-electron chi connectivity index (χ2n) is 8.11. The van der Waals surface area contributed by atoms with Gasteiger partial charge in [0.15, 0.2) is 0 Å². The average molecular weight is 431 g/mol. The van der Waals surface area contributed by atoms with Crippen LogP contribution in [0.25, 0.3) is 0 Å². The number of nitrogens with zero attached hydrogens (tertiary/aromatic N) is 1. The molecule has 5 nitrogen and oxygen atoms in total. The number of benzene rings is 3. The maximum atomic E-state index is 12.4. The van der Waals surface area contributed by atoms with Crippen LogP contribution in [0.4, 0.5) is 11.4 Å². The molecular weight excluding hydrogens is 400 g/mol. The molecule has 0 saturated carbocycles. The molecule has 1 fully saturated rings. The highest BCUT2D eigenvalue weighted by Gasteiger charge is 2.22. The van der Waals surface area contributed by atoms with E-state index in [0.717, 1.165) is 47.8 Å². The van der Waals surface area contributed by atoms with E-state index in [1.807, 2.05) is 66.7 Å². The van der Waals surface area contributed by atoms with Crippen LogP contribution in [0.15, 0.2) is 78.9 Å². The van der Waals surface area contributed by atoms with Crippen LogP contribution in [0, 0.1) is 0 Å². The Hall–Kier alpha value is -3.31. The maximum Gasteiger partial charge on any atom is 0.224 e. The molecule has 0 radical (unpaired) electrons. The third-order valence-electron chi connectivity index (χ3n) is 5.81. The van der Waals surface area contributed by atoms with E-state index in [2.05, 4.69) is 22.3 Å². The largest absolute Gasteiger partial charge is 0.489 e. The molecule has 0 bridgehead atoms. The van der Waals surface area contributed by atoms with Gasteiger partial charge < -0.3 is 19.7 Å². The summed E-state index contributed by atoms with van der Waals surface area (Å²) in [6.07, 6.45) is 2.48. The summed E-state index contributed by atoms with van der Waals surface area (Å²) >= 11 is 0. The van der Waals surface area contributed by atoms with Gasteiger partial charge in [0.05, 0.1) is 6.10 Å². The molecule has 166 valence electrons. The first-order chi connectivity index (χ1) is 15.7. The Morgan fingerprint density at radius 2 is 1.72 bits per heavy atom. The molecule has 1 aliphatic heterocycles. The molecule has 0 spiro atoms. The highest BCUT2D eigenvalue weighted by Crippen LogP contribution is 2.23. The van der Waals surface area contributed by atoms with Crippen LogP contribution in [0.5, 0.6) is 5.75 Å². The summed E-state index contributed by atoms with van der Waals surface area (Å²) in [7, 11) is 1.76. The molecule has 1 N–H and O–H groups in total. The van der Waals surface area contributed by atoms with Crippen molar-refractivity contribution in [3.05, 3.63) is 90.0 Å². The maximum absolute atomic E-state index is 12.4. The zero-order valence-electron chi connectivity index (χ0n) is 18.5. The number of hydrogen-bond donors (Lipinski definition) is 1. The fraction of sp³-hybridized carbons (Fsp3) is 0.296. The molecule has 3 aromatic carbocycles. The van der Waals surface area contributed by atoms with Gasteiger partial charge in [-0.25, -0.2) is 0 Å². The Kier molecular flexibility index (Phi) is 7.41. The first kappa shape index (κ1) is 21.9. The Balaban J connectivity index is 1.21. The number of rotatable bonds is 9. The van der Waals surface area contributed by atoms with Crippen LogP contribution in [0.3, 0.4) is 0 Å². The lowest BCUT2D eigenvalue weighted by molar-refractivity contribution is -0.116. The fourth-order valence-electron chi connectivity index (χ4n) is 3.89. The standard InChI is InChI=1S/C27H30N2O3/c1-31-26-17-18-29(19-26)24-12-10-23(11-13-24)28-27(30)16-9-21-7-14-25(15-8-21)32-20-22-5-3-2-4-6-22/h2-8,10-15,26H,9,16-20H2,1H3,(H,28,30)/t26-/m1/s1. The van der Waals surface area contributed by atoms with Gasteiger partial charge in [-0.1, -0.05) is 42.5 Å². The first-order valence-corrected chi connectivity index (χ1v) is 11.1. The van der Waals surface area contributed by atoms with E-state index in [0.29, 0.717) is 25.6 Å². The molecule has 5 heteroatoms. The smallest absolute Gasteiger partial charge is 0.224 e. The lowest BCUT2D eigenvalue weighted by atomic mass is 10.1. The van der Waals surface area contributed by atoms with Gasteiger partial charge >= 0.3 is 0 Å². The van der Waals surface area contributed by atoms with Crippen molar-refractivity contribution < 1.29 is 14.3 Å². The molecule has 0 aromatic heterocycles. The third-order valence-corrected chi connectivity index (χ3v) is 5.81. The number of nitrogens with one attached hydrogen (secondary N) is 1. The molecule has 32 heavy (non-hydrogen) atoms. The normalized spacial score (nSPS) is 15.5. The van der Waals surface area contributed by atoms with Crippen molar-refractivity contribution in [3.8, 4) is 5.75 Å². The molecule has 0 aliphatic carbocycles. The lowest BCUT2D eigenvalue weighted by Gasteiger charge is -2.18. The number of anilines is 2. The van der Waals surface area contributed by atoms with E-state index >= 15 is 0 Å². The van der Waals surface area contributed by atoms with E-state index in [1.165, 1.54) is 0 Å². The van der Waals surface area contributed by atoms with Crippen molar-refractivity contribution in [1.82, 2.24) is 0 Å². The third kappa shape index (κ3) is 6.11. The summed E-state index contributed by atoms with van der Waals surface area (Å²) in [6, 6.07) is 26.1. The zero-order valence-corrected chi connectivity index (χ0v) is 18.5. The molecule has 4 rings (SSSR count). The summed E-state index contributed by atoms with van der Waals surface area (Å²) in [5.74, 6) is 0.847. The van der Waals surface area contributed by atoms with Gasteiger partial charge in [-0.2, -0.15) is 0 Å². The summed E-state index contributed by atoms with van der Waals surface area (Å²) in [5.41, 5.74) is 4.24. The predicted molar refractivity (Wildman–Crippen MR) is 128 cm³/mol. The topological polar surface area (TPSA) is 50.8 Å². The minimum absolute atomic E-state index is 0.0165. The molecule has 1 amide bonds. The van der Waals surface area contributed by atoms with E-state index in [1.54, 1.807) is 7.11 Å². The Bertz CT molecular complexity index is 988. The highest BCUT2D eigenvalue weighted by atomic mass is 16.5. The number of carbonyl (C=O) groups is 1. The van der Waals surface area contributed by atoms with E-state index in [4.69, 9.17) is 9.47 Å². The predicted octanol–water partition coefficient (Wildman–Crippen LogP) is 5.06. The summed E-state index contributed by atoms with van der Waals surface area (Å²) < 4.78 is 11.3. The van der Waals surface area contributed by atoms with Crippen LogP contribution in [-0.4, -0.2) is 32.2 Å². The lowest BCUT2D eigenvalue weighted by Crippen LogP contribution is -2.22. The van der Waals surface area contributed by atoms with Crippen LogP contribution in [-0.2, 0) is 22.6 Å². The van der Waals surface area contributed by atoms with Crippen molar-refractivity contribution in [3.63, 3.8) is 0 Å². The van der Waals surface area contributed by atoms with E-state index < -0.39 is 0 Å². The van der Waals surface area contributed by atoms with Gasteiger partial charge in [0.2, 0.25) is 5.91 Å². The zero-order chi connectivity index (χ0) is 22.2. The Labute approximate surface area is 190 Å². The molecule has 3 aromatic rings. The first-order valence-electron chi connectivity index (χ1n) is 11.1. The Morgan fingerprint density at radius 1 is 0.969 bits per heavy atom. The SMILES string of the molecule is CO[C@@H]1CCN(c2ccc(NC(=O)CCc3ccc(OCc4ccccc4)cc3)cc2)C1. The van der Waals surface area contributed by atoms with Crippen LogP contribution in [0.1, 0.15) is 24.0 Å².